The van der Waals surface area contributed by atoms with Gasteiger partial charge in [-0.3, -0.25) is 9.78 Å². The van der Waals surface area contributed by atoms with Crippen molar-refractivity contribution in [3.05, 3.63) is 18.6 Å². The molecular weight excluding hydrogens is 346 g/mol. The number of likely N-dealkylation sites (tertiary alicyclic amines) is 1. The summed E-state index contributed by atoms with van der Waals surface area (Å²) in [5, 5.41) is 2.80. The van der Waals surface area contributed by atoms with Gasteiger partial charge in [-0.15, -0.1) is 0 Å². The maximum atomic E-state index is 12.6. The Labute approximate surface area is 161 Å². The van der Waals surface area contributed by atoms with Crippen LogP contribution in [0.4, 0.5) is 10.6 Å². The summed E-state index contributed by atoms with van der Waals surface area (Å²) in [5.74, 6) is 1.16. The van der Waals surface area contributed by atoms with E-state index in [4.69, 9.17) is 4.74 Å². The maximum absolute atomic E-state index is 12.6. The summed E-state index contributed by atoms with van der Waals surface area (Å²) in [6, 6.07) is 0. The highest BCUT2D eigenvalue weighted by Crippen LogP contribution is 2.20. The van der Waals surface area contributed by atoms with Gasteiger partial charge in [-0.25, -0.2) is 9.78 Å². The van der Waals surface area contributed by atoms with E-state index in [2.05, 4.69) is 15.3 Å². The van der Waals surface area contributed by atoms with Crippen LogP contribution in [0.2, 0.25) is 0 Å². The Morgan fingerprint density at radius 3 is 2.81 bits per heavy atom. The molecule has 8 heteroatoms. The van der Waals surface area contributed by atoms with Crippen LogP contribution in [0.5, 0.6) is 0 Å². The van der Waals surface area contributed by atoms with Crippen molar-refractivity contribution in [1.82, 2.24) is 20.2 Å². The Hall–Kier alpha value is -2.38. The van der Waals surface area contributed by atoms with Gasteiger partial charge >= 0.3 is 6.09 Å². The predicted octanol–water partition coefficient (Wildman–Crippen LogP) is 2.07. The number of likely N-dealkylation sites (N-methyl/N-ethyl adjacent to an activating group) is 1. The smallest absolute Gasteiger partial charge is 0.407 e. The molecule has 0 bridgehead atoms. The zero-order chi connectivity index (χ0) is 19.9. The van der Waals surface area contributed by atoms with E-state index in [1.165, 1.54) is 0 Å². The van der Waals surface area contributed by atoms with Crippen LogP contribution < -0.4 is 10.2 Å². The van der Waals surface area contributed by atoms with Gasteiger partial charge in [0.1, 0.15) is 11.4 Å². The molecule has 1 saturated heterocycles. The van der Waals surface area contributed by atoms with Crippen molar-refractivity contribution in [2.75, 3.05) is 38.1 Å². The van der Waals surface area contributed by atoms with Gasteiger partial charge in [0.2, 0.25) is 5.91 Å². The van der Waals surface area contributed by atoms with E-state index in [9.17, 15) is 9.59 Å². The first-order chi connectivity index (χ1) is 12.7. The van der Waals surface area contributed by atoms with Crippen molar-refractivity contribution < 1.29 is 14.3 Å². The van der Waals surface area contributed by atoms with Gasteiger partial charge in [0, 0.05) is 39.1 Å². The lowest BCUT2D eigenvalue weighted by molar-refractivity contribution is -0.131. The van der Waals surface area contributed by atoms with Crippen LogP contribution in [-0.2, 0) is 9.53 Å². The van der Waals surface area contributed by atoms with E-state index in [0.717, 1.165) is 32.4 Å². The molecule has 0 spiro atoms. The van der Waals surface area contributed by atoms with E-state index < -0.39 is 11.7 Å². The van der Waals surface area contributed by atoms with Gasteiger partial charge in [0.25, 0.3) is 0 Å². The number of piperidine rings is 1. The lowest BCUT2D eigenvalue weighted by Crippen LogP contribution is -2.45. The average molecular weight is 377 g/mol. The average Bonchev–Trinajstić information content (AvgIpc) is 2.61. The molecular formula is C19H31N5O3. The van der Waals surface area contributed by atoms with Crippen molar-refractivity contribution >= 4 is 17.8 Å². The minimum Gasteiger partial charge on any atom is -0.444 e. The SMILES string of the molecule is CN(CC(=O)N1CCCC(CCNC(=O)OC(C)(C)C)C1)c1cnccn1. The largest absolute Gasteiger partial charge is 0.444 e. The highest BCUT2D eigenvalue weighted by atomic mass is 16.6. The molecule has 2 amide bonds. The van der Waals surface area contributed by atoms with Crippen molar-refractivity contribution in [2.24, 2.45) is 5.92 Å². The second-order valence-electron chi connectivity index (χ2n) is 7.99. The molecule has 0 aliphatic carbocycles. The molecule has 1 aliphatic rings. The molecule has 2 rings (SSSR count). The van der Waals surface area contributed by atoms with Gasteiger partial charge < -0.3 is 19.9 Å². The van der Waals surface area contributed by atoms with Crippen molar-refractivity contribution in [1.29, 1.82) is 0 Å². The molecule has 27 heavy (non-hydrogen) atoms. The van der Waals surface area contributed by atoms with Gasteiger partial charge in [0.15, 0.2) is 0 Å². The molecule has 1 aromatic heterocycles. The molecule has 0 saturated carbocycles. The number of amides is 2. The van der Waals surface area contributed by atoms with Crippen molar-refractivity contribution in [2.45, 2.75) is 45.6 Å². The van der Waals surface area contributed by atoms with E-state index in [0.29, 0.717) is 18.3 Å². The van der Waals surface area contributed by atoms with E-state index in [-0.39, 0.29) is 12.5 Å². The van der Waals surface area contributed by atoms with E-state index >= 15 is 0 Å². The summed E-state index contributed by atoms with van der Waals surface area (Å²) < 4.78 is 5.24. The zero-order valence-corrected chi connectivity index (χ0v) is 16.8. The summed E-state index contributed by atoms with van der Waals surface area (Å²) in [5.41, 5.74) is -0.493. The molecule has 1 atom stereocenters. The van der Waals surface area contributed by atoms with Crippen LogP contribution in [0.15, 0.2) is 18.6 Å². The lowest BCUT2D eigenvalue weighted by Gasteiger charge is -2.34. The number of ether oxygens (including phenoxy) is 1. The van der Waals surface area contributed by atoms with Crippen LogP contribution in [0.1, 0.15) is 40.0 Å². The summed E-state index contributed by atoms with van der Waals surface area (Å²) in [6.45, 7) is 7.87. The molecule has 0 aromatic carbocycles. The quantitative estimate of drug-likeness (QED) is 0.816. The number of rotatable bonds is 6. The number of nitrogens with one attached hydrogen (secondary N) is 1. The zero-order valence-electron chi connectivity index (χ0n) is 16.8. The summed E-state index contributed by atoms with van der Waals surface area (Å²) in [7, 11) is 1.84. The van der Waals surface area contributed by atoms with Crippen LogP contribution in [0, 0.1) is 5.92 Å². The Morgan fingerprint density at radius 2 is 2.15 bits per heavy atom. The molecule has 150 valence electrons. The monoisotopic (exact) mass is 377 g/mol. The molecule has 0 radical (unpaired) electrons. The van der Waals surface area contributed by atoms with E-state index in [1.807, 2.05) is 37.6 Å². The third kappa shape index (κ3) is 7.40. The molecule has 8 nitrogen and oxygen atoms in total. The normalized spacial score (nSPS) is 17.3. The van der Waals surface area contributed by atoms with Gasteiger partial charge in [-0.2, -0.15) is 0 Å². The Balaban J connectivity index is 1.74. The Morgan fingerprint density at radius 1 is 1.37 bits per heavy atom. The Kier molecular flexibility index (Phi) is 7.38. The molecule has 1 fully saturated rings. The molecule has 1 N–H and O–H groups in total. The maximum Gasteiger partial charge on any atom is 0.407 e. The lowest BCUT2D eigenvalue weighted by atomic mass is 9.94. The fraction of sp³-hybridized carbons (Fsp3) is 0.684. The number of nitrogens with zero attached hydrogens (tertiary/aromatic N) is 4. The number of carbonyl (C=O) groups excluding carboxylic acids is 2. The number of aromatic nitrogens is 2. The van der Waals surface area contributed by atoms with Crippen LogP contribution in [0.3, 0.4) is 0 Å². The fourth-order valence-corrected chi connectivity index (χ4v) is 3.09. The first-order valence-electron chi connectivity index (χ1n) is 9.46. The Bertz CT molecular complexity index is 618. The van der Waals surface area contributed by atoms with Gasteiger partial charge in [0.05, 0.1) is 12.7 Å². The van der Waals surface area contributed by atoms with Crippen LogP contribution in [0.25, 0.3) is 0 Å². The minimum absolute atomic E-state index is 0.0907. The predicted molar refractivity (Wildman–Crippen MR) is 103 cm³/mol. The summed E-state index contributed by atoms with van der Waals surface area (Å²) >= 11 is 0. The third-order valence-electron chi connectivity index (χ3n) is 4.41. The third-order valence-corrected chi connectivity index (χ3v) is 4.41. The molecule has 1 aromatic rings. The van der Waals surface area contributed by atoms with E-state index in [1.54, 1.807) is 18.6 Å². The van der Waals surface area contributed by atoms with Crippen LogP contribution >= 0.6 is 0 Å². The minimum atomic E-state index is -0.493. The first kappa shape index (κ1) is 20.9. The van der Waals surface area contributed by atoms with Gasteiger partial charge in [-0.05, 0) is 46.0 Å². The number of alkyl carbamates (subject to hydrolysis) is 1. The van der Waals surface area contributed by atoms with Gasteiger partial charge in [-0.1, -0.05) is 0 Å². The number of hydrogen-bond donors (Lipinski definition) is 1. The molecule has 1 aliphatic heterocycles. The molecule has 1 unspecified atom stereocenters. The molecule has 2 heterocycles. The standard InChI is InChI=1S/C19H31N5O3/c1-19(2,3)27-18(26)22-8-7-15-6-5-11-24(13-15)17(25)14-23(4)16-12-20-9-10-21-16/h9-10,12,15H,5-8,11,13-14H2,1-4H3,(H,22,26). The van der Waals surface area contributed by atoms with Crippen LogP contribution in [-0.4, -0.2) is 65.7 Å². The topological polar surface area (TPSA) is 87.7 Å². The number of hydrogen-bond acceptors (Lipinski definition) is 6. The van der Waals surface area contributed by atoms with Crippen molar-refractivity contribution in [3.63, 3.8) is 0 Å². The summed E-state index contributed by atoms with van der Waals surface area (Å²) in [4.78, 5) is 36.3. The number of carbonyl (C=O) groups is 2. The van der Waals surface area contributed by atoms with Crippen molar-refractivity contribution in [3.8, 4) is 0 Å². The fourth-order valence-electron chi connectivity index (χ4n) is 3.09. The highest BCUT2D eigenvalue weighted by molar-refractivity contribution is 5.81. The number of anilines is 1. The second kappa shape index (κ2) is 9.53. The first-order valence-corrected chi connectivity index (χ1v) is 9.46. The summed E-state index contributed by atoms with van der Waals surface area (Å²) in [6.07, 6.45) is 7.37. The second-order valence-corrected chi connectivity index (χ2v) is 7.99. The highest BCUT2D eigenvalue weighted by Gasteiger charge is 2.25.